The van der Waals surface area contributed by atoms with Gasteiger partial charge in [-0.05, 0) is 42.4 Å². The summed E-state index contributed by atoms with van der Waals surface area (Å²) in [4.78, 5) is 4.93. The molecule has 1 saturated heterocycles. The van der Waals surface area contributed by atoms with E-state index in [1.54, 1.807) is 22.5 Å². The predicted octanol–water partition coefficient (Wildman–Crippen LogP) is 2.80. The topological polar surface area (TPSA) is 43.9 Å². The average molecular weight is 392 g/mol. The molecule has 0 aliphatic carbocycles. The summed E-state index contributed by atoms with van der Waals surface area (Å²) >= 11 is 5.99. The molecular weight excluding hydrogens is 370 g/mol. The smallest absolute Gasteiger partial charge is 0.243 e. The zero-order chi connectivity index (χ0) is 18.3. The summed E-state index contributed by atoms with van der Waals surface area (Å²) in [5.74, 6) is 0. The molecule has 0 saturated carbocycles. The molecule has 0 N–H and O–H groups in total. The van der Waals surface area contributed by atoms with Crippen molar-refractivity contribution in [1.82, 2.24) is 9.21 Å². The first-order valence-corrected chi connectivity index (χ1v) is 10.6. The van der Waals surface area contributed by atoms with Crippen LogP contribution in [0.15, 0.2) is 47.4 Å². The quantitative estimate of drug-likeness (QED) is 0.807. The summed E-state index contributed by atoms with van der Waals surface area (Å²) in [6, 6.07) is 12.6. The van der Waals surface area contributed by atoms with Crippen LogP contribution < -0.4 is 4.90 Å². The lowest BCUT2D eigenvalue weighted by Crippen LogP contribution is -2.44. The lowest BCUT2D eigenvalue weighted by atomic mass is 10.1. The molecule has 0 spiro atoms. The second kappa shape index (κ2) is 6.85. The van der Waals surface area contributed by atoms with Gasteiger partial charge in [0.15, 0.2) is 0 Å². The summed E-state index contributed by atoms with van der Waals surface area (Å²) in [6.45, 7) is 4.79. The number of hydrogen-bond acceptors (Lipinski definition) is 4. The Balaban J connectivity index is 1.62. The fourth-order valence-corrected chi connectivity index (χ4v) is 5.35. The minimum atomic E-state index is -3.56. The van der Waals surface area contributed by atoms with E-state index in [0.717, 1.165) is 37.3 Å². The number of sulfonamides is 1. The van der Waals surface area contributed by atoms with Crippen molar-refractivity contribution in [2.24, 2.45) is 0 Å². The maximum Gasteiger partial charge on any atom is 0.243 e. The van der Waals surface area contributed by atoms with Crippen molar-refractivity contribution in [1.29, 1.82) is 0 Å². The molecule has 0 bridgehead atoms. The van der Waals surface area contributed by atoms with Gasteiger partial charge in [-0.25, -0.2) is 8.42 Å². The number of rotatable bonds is 3. The molecular formula is C19H22ClN3O2S. The third-order valence-corrected chi connectivity index (χ3v) is 7.23. The van der Waals surface area contributed by atoms with Crippen LogP contribution in [0.5, 0.6) is 0 Å². The summed E-state index contributed by atoms with van der Waals surface area (Å²) in [6.07, 6.45) is 0. The van der Waals surface area contributed by atoms with Gasteiger partial charge in [0.25, 0.3) is 0 Å². The highest BCUT2D eigenvalue weighted by molar-refractivity contribution is 7.89. The zero-order valence-electron chi connectivity index (χ0n) is 14.7. The van der Waals surface area contributed by atoms with Gasteiger partial charge in [-0.15, -0.1) is 0 Å². The Bertz CT molecular complexity index is 924. The second-order valence-electron chi connectivity index (χ2n) is 6.94. The first kappa shape index (κ1) is 17.8. The standard InChI is InChI=1S/C19H22ClN3O2S/c1-21-8-10-22(11-9-21)19-7-2-4-15-13-23(14-18(15)19)26(24,25)17-6-3-5-16(20)12-17/h2-7,12H,8-11,13-14H2,1H3. The first-order chi connectivity index (χ1) is 12.4. The van der Waals surface area contributed by atoms with Crippen LogP contribution in [-0.2, 0) is 23.1 Å². The van der Waals surface area contributed by atoms with E-state index in [1.165, 1.54) is 11.8 Å². The Labute approximate surface area is 159 Å². The molecule has 0 unspecified atom stereocenters. The molecule has 26 heavy (non-hydrogen) atoms. The van der Waals surface area contributed by atoms with Gasteiger partial charge in [-0.2, -0.15) is 4.31 Å². The van der Waals surface area contributed by atoms with Crippen LogP contribution in [0.25, 0.3) is 0 Å². The Kier molecular flexibility index (Phi) is 4.69. The van der Waals surface area contributed by atoms with E-state index >= 15 is 0 Å². The highest BCUT2D eigenvalue weighted by Crippen LogP contribution is 2.35. The van der Waals surface area contributed by atoms with Gasteiger partial charge in [0.05, 0.1) is 4.90 Å². The highest BCUT2D eigenvalue weighted by atomic mass is 35.5. The van der Waals surface area contributed by atoms with Gasteiger partial charge in [0, 0.05) is 50.0 Å². The normalized spacial score (nSPS) is 18.9. The Morgan fingerprint density at radius 3 is 2.42 bits per heavy atom. The fourth-order valence-electron chi connectivity index (χ4n) is 3.66. The molecule has 0 atom stereocenters. The molecule has 0 radical (unpaired) electrons. The van der Waals surface area contributed by atoms with Crippen molar-refractivity contribution in [3.8, 4) is 0 Å². The number of benzene rings is 2. The van der Waals surface area contributed by atoms with Crippen LogP contribution in [0.4, 0.5) is 5.69 Å². The van der Waals surface area contributed by atoms with Gasteiger partial charge >= 0.3 is 0 Å². The van der Waals surface area contributed by atoms with Crippen LogP contribution >= 0.6 is 11.6 Å². The van der Waals surface area contributed by atoms with Gasteiger partial charge in [0.1, 0.15) is 0 Å². The van der Waals surface area contributed by atoms with Crippen molar-refractivity contribution >= 4 is 27.3 Å². The monoisotopic (exact) mass is 391 g/mol. The third kappa shape index (κ3) is 3.22. The zero-order valence-corrected chi connectivity index (χ0v) is 16.3. The minimum absolute atomic E-state index is 0.249. The maximum atomic E-state index is 13.0. The third-order valence-electron chi connectivity index (χ3n) is 5.21. The molecule has 2 aliphatic rings. The van der Waals surface area contributed by atoms with Crippen LogP contribution in [0.2, 0.25) is 5.02 Å². The molecule has 7 heteroatoms. The Morgan fingerprint density at radius 2 is 1.69 bits per heavy atom. The van der Waals surface area contributed by atoms with Crippen LogP contribution in [0.3, 0.4) is 0 Å². The number of hydrogen-bond donors (Lipinski definition) is 0. The lowest BCUT2D eigenvalue weighted by Gasteiger charge is -2.35. The predicted molar refractivity (Wildman–Crippen MR) is 104 cm³/mol. The molecule has 0 aromatic heterocycles. The van der Waals surface area contributed by atoms with Crippen molar-refractivity contribution in [3.63, 3.8) is 0 Å². The summed E-state index contributed by atoms with van der Waals surface area (Å²) in [5, 5.41) is 0.431. The van der Waals surface area contributed by atoms with Crippen LogP contribution in [-0.4, -0.2) is 50.8 Å². The van der Waals surface area contributed by atoms with E-state index < -0.39 is 10.0 Å². The van der Waals surface area contributed by atoms with Crippen molar-refractivity contribution in [2.45, 2.75) is 18.0 Å². The van der Waals surface area contributed by atoms with E-state index in [2.05, 4.69) is 22.9 Å². The second-order valence-corrected chi connectivity index (χ2v) is 9.31. The van der Waals surface area contributed by atoms with E-state index in [1.807, 2.05) is 12.1 Å². The van der Waals surface area contributed by atoms with Crippen molar-refractivity contribution in [2.75, 3.05) is 38.1 Å². The molecule has 2 aromatic rings. The lowest BCUT2D eigenvalue weighted by molar-refractivity contribution is 0.312. The van der Waals surface area contributed by atoms with Gasteiger partial charge in [0.2, 0.25) is 10.0 Å². The molecule has 2 aliphatic heterocycles. The number of nitrogens with zero attached hydrogens (tertiary/aromatic N) is 3. The first-order valence-electron chi connectivity index (χ1n) is 8.75. The van der Waals surface area contributed by atoms with Crippen LogP contribution in [0.1, 0.15) is 11.1 Å². The maximum absolute atomic E-state index is 13.0. The summed E-state index contributed by atoms with van der Waals surface area (Å²) in [5.41, 5.74) is 3.38. The molecule has 5 nitrogen and oxygen atoms in total. The highest BCUT2D eigenvalue weighted by Gasteiger charge is 2.33. The number of likely N-dealkylation sites (N-methyl/N-ethyl adjacent to an activating group) is 1. The SMILES string of the molecule is CN1CCN(c2cccc3c2CN(S(=O)(=O)c2cccc(Cl)c2)C3)CC1. The minimum Gasteiger partial charge on any atom is -0.369 e. The average Bonchev–Trinajstić information content (AvgIpc) is 3.07. The molecule has 2 heterocycles. The van der Waals surface area contributed by atoms with E-state index in [-0.39, 0.29) is 4.90 Å². The van der Waals surface area contributed by atoms with Gasteiger partial charge in [-0.1, -0.05) is 29.8 Å². The molecule has 0 amide bonds. The van der Waals surface area contributed by atoms with E-state index in [9.17, 15) is 8.42 Å². The molecule has 1 fully saturated rings. The number of fused-ring (bicyclic) bond motifs is 1. The largest absolute Gasteiger partial charge is 0.369 e. The number of piperazine rings is 1. The van der Waals surface area contributed by atoms with E-state index in [0.29, 0.717) is 18.1 Å². The van der Waals surface area contributed by atoms with E-state index in [4.69, 9.17) is 11.6 Å². The number of anilines is 1. The summed E-state index contributed by atoms with van der Waals surface area (Å²) in [7, 11) is -1.43. The molecule has 2 aromatic carbocycles. The number of halogens is 1. The fraction of sp³-hybridized carbons (Fsp3) is 0.368. The molecule has 4 rings (SSSR count). The van der Waals surface area contributed by atoms with Crippen LogP contribution in [0, 0.1) is 0 Å². The van der Waals surface area contributed by atoms with Gasteiger partial charge < -0.3 is 9.80 Å². The Morgan fingerprint density at radius 1 is 0.962 bits per heavy atom. The summed E-state index contributed by atoms with van der Waals surface area (Å²) < 4.78 is 27.6. The Hall–Kier alpha value is -1.60. The molecule has 138 valence electrons. The van der Waals surface area contributed by atoms with Crippen molar-refractivity contribution < 1.29 is 8.42 Å². The van der Waals surface area contributed by atoms with Gasteiger partial charge in [-0.3, -0.25) is 0 Å². The van der Waals surface area contributed by atoms with Crippen molar-refractivity contribution in [3.05, 3.63) is 58.6 Å².